The maximum absolute atomic E-state index is 12.3. The van der Waals surface area contributed by atoms with Crippen LogP contribution in [0.25, 0.3) is 0 Å². The molecule has 104 valence electrons. The number of nitrogens with two attached hydrogens (primary N) is 1. The van der Waals surface area contributed by atoms with Gasteiger partial charge in [0, 0.05) is 23.8 Å². The number of hydrogen-bond donors (Lipinski definition) is 1. The third kappa shape index (κ3) is 3.52. The predicted molar refractivity (Wildman–Crippen MR) is 85.8 cm³/mol. The molecule has 0 saturated heterocycles. The van der Waals surface area contributed by atoms with Gasteiger partial charge in [0.15, 0.2) is 0 Å². The standard InChI is InChI=1S/C15H14BrClN2O/c1-19(9-10-2-5-12(18)6-3-10)15(20)13-7-4-11(16)8-14(13)17/h2-8H,9,18H2,1H3. The highest BCUT2D eigenvalue weighted by Gasteiger charge is 2.15. The number of benzene rings is 2. The summed E-state index contributed by atoms with van der Waals surface area (Å²) in [6.45, 7) is 0.505. The molecule has 1 amide bonds. The second-order valence-electron chi connectivity index (χ2n) is 4.53. The van der Waals surface area contributed by atoms with Crippen LogP contribution >= 0.6 is 27.5 Å². The van der Waals surface area contributed by atoms with Crippen molar-refractivity contribution >= 4 is 39.1 Å². The first kappa shape index (κ1) is 14.9. The second kappa shape index (κ2) is 6.29. The number of carbonyl (C=O) groups is 1. The minimum Gasteiger partial charge on any atom is -0.399 e. The number of nitrogens with zero attached hydrogens (tertiary/aromatic N) is 1. The van der Waals surface area contributed by atoms with Crippen LogP contribution in [0, 0.1) is 0 Å². The van der Waals surface area contributed by atoms with E-state index in [4.69, 9.17) is 17.3 Å². The summed E-state index contributed by atoms with van der Waals surface area (Å²) in [5, 5.41) is 0.438. The van der Waals surface area contributed by atoms with Gasteiger partial charge >= 0.3 is 0 Å². The summed E-state index contributed by atoms with van der Waals surface area (Å²) in [4.78, 5) is 14.0. The summed E-state index contributed by atoms with van der Waals surface area (Å²) in [7, 11) is 1.75. The molecule has 0 unspecified atom stereocenters. The molecule has 0 saturated carbocycles. The minimum absolute atomic E-state index is 0.112. The summed E-state index contributed by atoms with van der Waals surface area (Å²) in [5.74, 6) is -0.112. The maximum atomic E-state index is 12.3. The van der Waals surface area contributed by atoms with E-state index in [1.807, 2.05) is 24.3 Å². The Morgan fingerprint density at radius 1 is 1.25 bits per heavy atom. The average Bonchev–Trinajstić information content (AvgIpc) is 2.40. The second-order valence-corrected chi connectivity index (χ2v) is 5.85. The summed E-state index contributed by atoms with van der Waals surface area (Å²) < 4.78 is 0.847. The summed E-state index contributed by atoms with van der Waals surface area (Å²) in [6, 6.07) is 12.7. The number of amides is 1. The predicted octanol–water partition coefficient (Wildman–Crippen LogP) is 3.96. The zero-order valence-corrected chi connectivity index (χ0v) is 13.3. The molecule has 0 aliphatic heterocycles. The number of nitrogen functional groups attached to an aromatic ring is 1. The fraction of sp³-hybridized carbons (Fsp3) is 0.133. The molecule has 0 heterocycles. The van der Waals surface area contributed by atoms with Gasteiger partial charge in [0.05, 0.1) is 10.6 Å². The van der Waals surface area contributed by atoms with Crippen LogP contribution in [0.3, 0.4) is 0 Å². The average molecular weight is 354 g/mol. The molecule has 2 N–H and O–H groups in total. The molecule has 0 atom stereocenters. The maximum Gasteiger partial charge on any atom is 0.255 e. The van der Waals surface area contributed by atoms with Crippen molar-refractivity contribution < 1.29 is 4.79 Å². The largest absolute Gasteiger partial charge is 0.399 e. The highest BCUT2D eigenvalue weighted by Crippen LogP contribution is 2.23. The van der Waals surface area contributed by atoms with Crippen molar-refractivity contribution in [2.45, 2.75) is 6.54 Å². The highest BCUT2D eigenvalue weighted by atomic mass is 79.9. The Morgan fingerprint density at radius 2 is 1.90 bits per heavy atom. The Kier molecular flexibility index (Phi) is 4.68. The Balaban J connectivity index is 2.14. The van der Waals surface area contributed by atoms with Crippen molar-refractivity contribution in [2.75, 3.05) is 12.8 Å². The van der Waals surface area contributed by atoms with Crippen LogP contribution in [-0.2, 0) is 6.54 Å². The van der Waals surface area contributed by atoms with Crippen LogP contribution in [-0.4, -0.2) is 17.9 Å². The lowest BCUT2D eigenvalue weighted by Gasteiger charge is -2.18. The smallest absolute Gasteiger partial charge is 0.255 e. The number of halogens is 2. The van der Waals surface area contributed by atoms with Crippen molar-refractivity contribution in [3.05, 3.63) is 63.1 Å². The van der Waals surface area contributed by atoms with Gasteiger partial charge in [0.25, 0.3) is 5.91 Å². The van der Waals surface area contributed by atoms with Crippen LogP contribution in [0.4, 0.5) is 5.69 Å². The molecule has 0 radical (unpaired) electrons. The van der Waals surface area contributed by atoms with Crippen LogP contribution in [0.2, 0.25) is 5.02 Å². The Morgan fingerprint density at radius 3 is 2.50 bits per heavy atom. The van der Waals surface area contributed by atoms with E-state index in [9.17, 15) is 4.79 Å². The molecule has 0 aliphatic rings. The molecular formula is C15H14BrClN2O. The normalized spacial score (nSPS) is 10.3. The van der Waals surface area contributed by atoms with Gasteiger partial charge in [-0.15, -0.1) is 0 Å². The van der Waals surface area contributed by atoms with Gasteiger partial charge < -0.3 is 10.6 Å². The topological polar surface area (TPSA) is 46.3 Å². The minimum atomic E-state index is -0.112. The SMILES string of the molecule is CN(Cc1ccc(N)cc1)C(=O)c1ccc(Br)cc1Cl. The Hall–Kier alpha value is -1.52. The fourth-order valence-corrected chi connectivity index (χ4v) is 2.59. The number of anilines is 1. The fourth-order valence-electron chi connectivity index (χ4n) is 1.84. The van der Waals surface area contributed by atoms with E-state index >= 15 is 0 Å². The molecule has 0 aliphatic carbocycles. The summed E-state index contributed by atoms with van der Waals surface area (Å²) in [6.07, 6.45) is 0. The van der Waals surface area contributed by atoms with Crippen LogP contribution in [0.15, 0.2) is 46.9 Å². The lowest BCUT2D eigenvalue weighted by atomic mass is 10.1. The van der Waals surface area contributed by atoms with Crippen molar-refractivity contribution in [1.29, 1.82) is 0 Å². The van der Waals surface area contributed by atoms with E-state index in [2.05, 4.69) is 15.9 Å². The van der Waals surface area contributed by atoms with Gasteiger partial charge in [0.1, 0.15) is 0 Å². The molecule has 20 heavy (non-hydrogen) atoms. The molecule has 0 aromatic heterocycles. The quantitative estimate of drug-likeness (QED) is 0.849. The van der Waals surface area contributed by atoms with E-state index in [-0.39, 0.29) is 5.91 Å². The molecule has 2 aromatic rings. The Bertz CT molecular complexity index is 628. The lowest BCUT2D eigenvalue weighted by Crippen LogP contribution is -2.26. The first-order valence-corrected chi connectivity index (χ1v) is 7.19. The van der Waals surface area contributed by atoms with Crippen LogP contribution in [0.1, 0.15) is 15.9 Å². The highest BCUT2D eigenvalue weighted by molar-refractivity contribution is 9.10. The van der Waals surface area contributed by atoms with Gasteiger partial charge in [-0.2, -0.15) is 0 Å². The number of carbonyl (C=O) groups excluding carboxylic acids is 1. The lowest BCUT2D eigenvalue weighted by molar-refractivity contribution is 0.0785. The van der Waals surface area contributed by atoms with E-state index in [0.29, 0.717) is 22.8 Å². The molecule has 5 heteroatoms. The molecule has 0 bridgehead atoms. The third-order valence-electron chi connectivity index (χ3n) is 2.91. The first-order chi connectivity index (χ1) is 9.47. The Labute approximate surface area is 131 Å². The van der Waals surface area contributed by atoms with Crippen molar-refractivity contribution in [3.8, 4) is 0 Å². The molecule has 0 fully saturated rings. The first-order valence-electron chi connectivity index (χ1n) is 6.02. The summed E-state index contributed by atoms with van der Waals surface area (Å²) in [5.41, 5.74) is 7.86. The van der Waals surface area contributed by atoms with Crippen LogP contribution < -0.4 is 5.73 Å². The molecule has 0 spiro atoms. The number of hydrogen-bond acceptors (Lipinski definition) is 2. The van der Waals surface area contributed by atoms with Crippen LogP contribution in [0.5, 0.6) is 0 Å². The molecule has 2 aromatic carbocycles. The van der Waals surface area contributed by atoms with Gasteiger partial charge in [-0.1, -0.05) is 39.7 Å². The van der Waals surface area contributed by atoms with E-state index in [0.717, 1.165) is 10.0 Å². The van der Waals surface area contributed by atoms with Gasteiger partial charge in [0.2, 0.25) is 0 Å². The van der Waals surface area contributed by atoms with E-state index < -0.39 is 0 Å². The van der Waals surface area contributed by atoms with Crippen molar-refractivity contribution in [2.24, 2.45) is 0 Å². The van der Waals surface area contributed by atoms with Gasteiger partial charge in [-0.3, -0.25) is 4.79 Å². The van der Waals surface area contributed by atoms with E-state index in [1.165, 1.54) is 0 Å². The summed E-state index contributed by atoms with van der Waals surface area (Å²) >= 11 is 9.42. The third-order valence-corrected chi connectivity index (χ3v) is 3.71. The van der Waals surface area contributed by atoms with Gasteiger partial charge in [-0.25, -0.2) is 0 Å². The van der Waals surface area contributed by atoms with Crippen molar-refractivity contribution in [3.63, 3.8) is 0 Å². The monoisotopic (exact) mass is 352 g/mol. The molecule has 3 nitrogen and oxygen atoms in total. The van der Waals surface area contributed by atoms with E-state index in [1.54, 1.807) is 30.1 Å². The number of rotatable bonds is 3. The zero-order chi connectivity index (χ0) is 14.7. The molecule has 2 rings (SSSR count). The molecular weight excluding hydrogens is 340 g/mol. The zero-order valence-electron chi connectivity index (χ0n) is 10.9. The van der Waals surface area contributed by atoms with Crippen molar-refractivity contribution in [1.82, 2.24) is 4.90 Å². The van der Waals surface area contributed by atoms with Gasteiger partial charge in [-0.05, 0) is 35.9 Å².